The van der Waals surface area contributed by atoms with E-state index < -0.39 is 37.9 Å². The summed E-state index contributed by atoms with van der Waals surface area (Å²) in [6.45, 7) is -0.230. The number of nitrogen functional groups attached to an aromatic ring is 1. The molecule has 4 heterocycles. The highest BCUT2D eigenvalue weighted by molar-refractivity contribution is 9.10. The molecule has 0 aromatic carbocycles. The van der Waals surface area contributed by atoms with Crippen molar-refractivity contribution in [1.82, 2.24) is 19.5 Å². The molecule has 5 atom stereocenters. The molecule has 0 bridgehead atoms. The third kappa shape index (κ3) is 2.40. The summed E-state index contributed by atoms with van der Waals surface area (Å²) in [4.78, 5) is 31.7. The first-order chi connectivity index (χ1) is 11.3. The van der Waals surface area contributed by atoms with Gasteiger partial charge in [0.15, 0.2) is 22.1 Å². The standard InChI is InChI=1S/C10H11BrN5O7P/c11-9-13-3-6(14-10(12)15-7(3)18)16(9)8-4(17)5-2(22-8)1-21-24(19,20)23-5/h2,4-5,8,17H,1H2,(H,19,20)(H3,12,14,15,18)/t2-,4-,5+,8+/m0/s1. The van der Waals surface area contributed by atoms with Crippen molar-refractivity contribution in [2.24, 2.45) is 0 Å². The van der Waals surface area contributed by atoms with Crippen molar-refractivity contribution in [1.29, 1.82) is 0 Å². The summed E-state index contributed by atoms with van der Waals surface area (Å²) in [7, 11) is -4.24. The molecule has 1 unspecified atom stereocenters. The van der Waals surface area contributed by atoms with Crippen LogP contribution in [0.4, 0.5) is 5.95 Å². The minimum atomic E-state index is -4.24. The number of fused-ring (bicyclic) bond motifs is 2. The van der Waals surface area contributed by atoms with Crippen LogP contribution in [0.25, 0.3) is 11.2 Å². The van der Waals surface area contributed by atoms with E-state index >= 15 is 0 Å². The van der Waals surface area contributed by atoms with Gasteiger partial charge in [0, 0.05) is 0 Å². The predicted molar refractivity (Wildman–Crippen MR) is 80.8 cm³/mol. The number of phosphoric acid groups is 1. The molecule has 5 N–H and O–H groups in total. The number of nitrogens with one attached hydrogen (secondary N) is 1. The number of aliphatic hydroxyl groups is 1. The van der Waals surface area contributed by atoms with E-state index in [-0.39, 0.29) is 28.5 Å². The van der Waals surface area contributed by atoms with Crippen LogP contribution in [-0.4, -0.2) is 54.4 Å². The van der Waals surface area contributed by atoms with E-state index in [0.717, 1.165) is 0 Å². The second-order valence-corrected chi connectivity index (χ2v) is 7.38. The zero-order chi connectivity index (χ0) is 17.2. The molecular weight excluding hydrogens is 413 g/mol. The van der Waals surface area contributed by atoms with Gasteiger partial charge in [-0.3, -0.25) is 23.4 Å². The number of phosphoric ester groups is 1. The normalized spacial score (nSPS) is 36.1. The van der Waals surface area contributed by atoms with Gasteiger partial charge in [0.1, 0.15) is 18.3 Å². The van der Waals surface area contributed by atoms with Gasteiger partial charge in [0.2, 0.25) is 5.95 Å². The second kappa shape index (κ2) is 5.33. The molecule has 12 nitrogen and oxygen atoms in total. The molecule has 4 rings (SSSR count). The molecule has 0 saturated carbocycles. The van der Waals surface area contributed by atoms with Crippen molar-refractivity contribution in [3.8, 4) is 0 Å². The van der Waals surface area contributed by atoms with Crippen molar-refractivity contribution in [2.45, 2.75) is 24.5 Å². The van der Waals surface area contributed by atoms with E-state index in [1.807, 2.05) is 0 Å². The fraction of sp³-hybridized carbons (Fsp3) is 0.500. The molecule has 2 aromatic rings. The number of hydrogen-bond acceptors (Lipinski definition) is 9. The van der Waals surface area contributed by atoms with Crippen molar-refractivity contribution in [3.63, 3.8) is 0 Å². The Morgan fingerprint density at radius 1 is 1.46 bits per heavy atom. The summed E-state index contributed by atoms with van der Waals surface area (Å²) in [5.74, 6) is -0.134. The number of nitrogens with zero attached hydrogens (tertiary/aromatic N) is 3. The minimum Gasteiger partial charge on any atom is -0.386 e. The molecule has 2 aromatic heterocycles. The Hall–Kier alpha value is -1.34. The monoisotopic (exact) mass is 423 g/mol. The summed E-state index contributed by atoms with van der Waals surface area (Å²) in [5.41, 5.74) is 5.07. The molecule has 24 heavy (non-hydrogen) atoms. The summed E-state index contributed by atoms with van der Waals surface area (Å²) < 4.78 is 28.2. The van der Waals surface area contributed by atoms with Crippen LogP contribution in [0, 0.1) is 0 Å². The lowest BCUT2D eigenvalue weighted by Crippen LogP contribution is -2.39. The highest BCUT2D eigenvalue weighted by atomic mass is 79.9. The van der Waals surface area contributed by atoms with Gasteiger partial charge in [-0.2, -0.15) is 4.98 Å². The Bertz CT molecular complexity index is 930. The van der Waals surface area contributed by atoms with Crippen molar-refractivity contribution < 1.29 is 28.3 Å². The maximum Gasteiger partial charge on any atom is 0.472 e. The lowest BCUT2D eigenvalue weighted by Gasteiger charge is -2.27. The molecule has 0 aliphatic carbocycles. The fourth-order valence-corrected chi connectivity index (χ4v) is 4.26. The zero-order valence-corrected chi connectivity index (χ0v) is 14.2. The average Bonchev–Trinajstić information content (AvgIpc) is 2.96. The molecule has 0 spiro atoms. The molecule has 2 aliphatic rings. The number of halogens is 1. The lowest BCUT2D eigenvalue weighted by atomic mass is 10.1. The number of anilines is 1. The highest BCUT2D eigenvalue weighted by Crippen LogP contribution is 2.52. The highest BCUT2D eigenvalue weighted by Gasteiger charge is 2.53. The van der Waals surface area contributed by atoms with Gasteiger partial charge < -0.3 is 20.5 Å². The Kier molecular flexibility index (Phi) is 3.58. The maximum absolute atomic E-state index is 11.9. The van der Waals surface area contributed by atoms with Crippen LogP contribution in [0.2, 0.25) is 0 Å². The van der Waals surface area contributed by atoms with Gasteiger partial charge in [0.25, 0.3) is 5.56 Å². The predicted octanol–water partition coefficient (Wildman–Crippen LogP) is -0.762. The molecule has 0 amide bonds. The topological polar surface area (TPSA) is 175 Å². The van der Waals surface area contributed by atoms with E-state index in [4.69, 9.17) is 15.0 Å². The van der Waals surface area contributed by atoms with E-state index in [1.165, 1.54) is 4.57 Å². The SMILES string of the molecule is Nc1nc2c(nc(Br)n2[C@@H]2O[C@H]3COP(=O)(O)O[C@H]3[C@@H]2O)c(=O)[nH]1. The summed E-state index contributed by atoms with van der Waals surface area (Å²) >= 11 is 3.18. The molecule has 2 fully saturated rings. The molecule has 130 valence electrons. The lowest BCUT2D eigenvalue weighted by molar-refractivity contribution is -0.0669. The number of aromatic nitrogens is 4. The Balaban J connectivity index is 1.80. The largest absolute Gasteiger partial charge is 0.472 e. The first kappa shape index (κ1) is 16.1. The number of rotatable bonds is 1. The number of imidazole rings is 1. The van der Waals surface area contributed by atoms with Crippen LogP contribution >= 0.6 is 23.8 Å². The van der Waals surface area contributed by atoms with Gasteiger partial charge in [-0.1, -0.05) is 0 Å². The third-order valence-corrected chi connectivity index (χ3v) is 5.29. The van der Waals surface area contributed by atoms with E-state index in [1.54, 1.807) is 0 Å². The zero-order valence-electron chi connectivity index (χ0n) is 11.7. The van der Waals surface area contributed by atoms with Crippen LogP contribution in [0.5, 0.6) is 0 Å². The molecule has 14 heteroatoms. The van der Waals surface area contributed by atoms with E-state index in [9.17, 15) is 19.4 Å². The van der Waals surface area contributed by atoms with E-state index in [0.29, 0.717) is 0 Å². The minimum absolute atomic E-state index is 0.00764. The Labute approximate surface area is 141 Å². The van der Waals surface area contributed by atoms with Gasteiger partial charge in [-0.05, 0) is 15.9 Å². The molecular formula is C10H11BrN5O7P. The Morgan fingerprint density at radius 2 is 2.21 bits per heavy atom. The van der Waals surface area contributed by atoms with Crippen LogP contribution in [-0.2, 0) is 18.3 Å². The number of aromatic amines is 1. The van der Waals surface area contributed by atoms with Crippen LogP contribution in [0.15, 0.2) is 9.53 Å². The first-order valence-electron chi connectivity index (χ1n) is 6.69. The summed E-state index contributed by atoms with van der Waals surface area (Å²) in [5, 5.41) is 10.5. The fourth-order valence-electron chi connectivity index (χ4n) is 2.75. The summed E-state index contributed by atoms with van der Waals surface area (Å²) in [6.07, 6.45) is -4.25. The summed E-state index contributed by atoms with van der Waals surface area (Å²) in [6, 6.07) is 0. The van der Waals surface area contributed by atoms with Gasteiger partial charge in [-0.15, -0.1) is 0 Å². The maximum atomic E-state index is 11.9. The number of ether oxygens (including phenoxy) is 1. The molecule has 2 aliphatic heterocycles. The van der Waals surface area contributed by atoms with E-state index in [2.05, 4.69) is 35.4 Å². The smallest absolute Gasteiger partial charge is 0.386 e. The van der Waals surface area contributed by atoms with Crippen molar-refractivity contribution >= 4 is 40.9 Å². The van der Waals surface area contributed by atoms with Crippen LogP contribution < -0.4 is 11.3 Å². The van der Waals surface area contributed by atoms with Crippen molar-refractivity contribution in [3.05, 3.63) is 15.1 Å². The molecule has 0 radical (unpaired) electrons. The number of aliphatic hydroxyl groups excluding tert-OH is 1. The van der Waals surface area contributed by atoms with Gasteiger partial charge in [0.05, 0.1) is 6.61 Å². The quantitative estimate of drug-likeness (QED) is 0.336. The third-order valence-electron chi connectivity index (χ3n) is 3.75. The number of H-pyrrole nitrogens is 1. The number of nitrogens with two attached hydrogens (primary N) is 1. The van der Waals surface area contributed by atoms with Crippen molar-refractivity contribution in [2.75, 3.05) is 12.3 Å². The van der Waals surface area contributed by atoms with Crippen LogP contribution in [0.3, 0.4) is 0 Å². The van der Waals surface area contributed by atoms with Crippen LogP contribution in [0.1, 0.15) is 6.23 Å². The van der Waals surface area contributed by atoms with Gasteiger partial charge >= 0.3 is 7.82 Å². The first-order valence-corrected chi connectivity index (χ1v) is 8.98. The second-order valence-electron chi connectivity index (χ2n) is 5.26. The average molecular weight is 424 g/mol. The Morgan fingerprint density at radius 3 is 2.96 bits per heavy atom. The number of hydrogen-bond donors (Lipinski definition) is 4. The van der Waals surface area contributed by atoms with Gasteiger partial charge in [-0.25, -0.2) is 9.55 Å². The molecule has 2 saturated heterocycles.